The molecule has 1 saturated heterocycles. The van der Waals surface area contributed by atoms with Gasteiger partial charge in [0.15, 0.2) is 0 Å². The highest BCUT2D eigenvalue weighted by molar-refractivity contribution is 5.81. The quantitative estimate of drug-likeness (QED) is 0.603. The summed E-state index contributed by atoms with van der Waals surface area (Å²) >= 11 is 0. The number of nitrogens with zero attached hydrogens (tertiary/aromatic N) is 1. The van der Waals surface area contributed by atoms with Gasteiger partial charge in [0.1, 0.15) is 6.54 Å². The van der Waals surface area contributed by atoms with Crippen LogP contribution in [0.25, 0.3) is 0 Å². The predicted molar refractivity (Wildman–Crippen MR) is 64.7 cm³/mol. The van der Waals surface area contributed by atoms with E-state index in [1.165, 1.54) is 22.9 Å². The van der Waals surface area contributed by atoms with Crippen molar-refractivity contribution < 1.29 is 9.59 Å². The summed E-state index contributed by atoms with van der Waals surface area (Å²) in [6, 6.07) is 2.58. The highest BCUT2D eigenvalue weighted by Crippen LogP contribution is 2.00. The summed E-state index contributed by atoms with van der Waals surface area (Å²) in [4.78, 5) is 34.1. The minimum absolute atomic E-state index is 0.0820. The number of hydrogen-bond donors (Lipinski definition) is 3. The molecule has 0 bridgehead atoms. The predicted octanol–water partition coefficient (Wildman–Crippen LogP) is -1.56. The third kappa shape index (κ3) is 2.88. The fraction of sp³-hybridized carbons (Fsp3) is 0.364. The van der Waals surface area contributed by atoms with Crippen molar-refractivity contribution >= 4 is 17.5 Å². The van der Waals surface area contributed by atoms with Gasteiger partial charge >= 0.3 is 0 Å². The summed E-state index contributed by atoms with van der Waals surface area (Å²) < 4.78 is 1.23. The zero-order valence-corrected chi connectivity index (χ0v) is 9.68. The molecule has 4 N–H and O–H groups in total. The summed E-state index contributed by atoms with van der Waals surface area (Å²) in [5.41, 5.74) is 5.66. The van der Waals surface area contributed by atoms with Crippen LogP contribution < -0.4 is 21.9 Å². The number of amides is 2. The zero-order chi connectivity index (χ0) is 13.1. The topological polar surface area (TPSA) is 106 Å². The second-order valence-electron chi connectivity index (χ2n) is 4.20. The van der Waals surface area contributed by atoms with E-state index in [0.717, 1.165) is 0 Å². The standard InChI is InChI=1S/C11H14N4O3/c12-7-1-2-11(18)15(5-7)6-10(17)14-8-3-9(16)13-4-8/h1-2,5,8H,3-4,6,12H2,(H,13,16)(H,14,17). The Hall–Kier alpha value is -2.31. The molecule has 0 spiro atoms. The lowest BCUT2D eigenvalue weighted by Gasteiger charge is -2.11. The van der Waals surface area contributed by atoms with Crippen LogP contribution in [-0.2, 0) is 16.1 Å². The van der Waals surface area contributed by atoms with E-state index in [-0.39, 0.29) is 36.4 Å². The van der Waals surface area contributed by atoms with Crippen LogP contribution in [0.4, 0.5) is 5.69 Å². The van der Waals surface area contributed by atoms with Gasteiger partial charge in [-0.2, -0.15) is 0 Å². The van der Waals surface area contributed by atoms with Crippen molar-refractivity contribution in [3.05, 3.63) is 28.7 Å². The summed E-state index contributed by atoms with van der Waals surface area (Å²) in [5, 5.41) is 5.30. The fourth-order valence-electron chi connectivity index (χ4n) is 1.81. The van der Waals surface area contributed by atoms with Crippen LogP contribution in [0.5, 0.6) is 0 Å². The lowest BCUT2D eigenvalue weighted by atomic mass is 10.2. The Labute approximate surface area is 103 Å². The van der Waals surface area contributed by atoms with Crippen LogP contribution in [0.3, 0.4) is 0 Å². The minimum Gasteiger partial charge on any atom is -0.398 e. The molecule has 96 valence electrons. The van der Waals surface area contributed by atoms with Gasteiger partial charge in [0.25, 0.3) is 5.56 Å². The maximum atomic E-state index is 11.7. The molecule has 1 aromatic heterocycles. The average molecular weight is 250 g/mol. The second-order valence-corrected chi connectivity index (χ2v) is 4.20. The van der Waals surface area contributed by atoms with Gasteiger partial charge in [-0.3, -0.25) is 14.4 Å². The molecule has 1 unspecified atom stereocenters. The van der Waals surface area contributed by atoms with Crippen LogP contribution >= 0.6 is 0 Å². The van der Waals surface area contributed by atoms with Gasteiger partial charge in [0.2, 0.25) is 11.8 Å². The number of carbonyl (C=O) groups excluding carboxylic acids is 2. The highest BCUT2D eigenvalue weighted by atomic mass is 16.2. The fourth-order valence-corrected chi connectivity index (χ4v) is 1.81. The number of rotatable bonds is 3. The van der Waals surface area contributed by atoms with Crippen molar-refractivity contribution in [2.45, 2.75) is 19.0 Å². The van der Waals surface area contributed by atoms with Gasteiger partial charge in [-0.25, -0.2) is 0 Å². The molecular weight excluding hydrogens is 236 g/mol. The third-order valence-electron chi connectivity index (χ3n) is 2.66. The Balaban J connectivity index is 1.97. The second kappa shape index (κ2) is 4.91. The smallest absolute Gasteiger partial charge is 0.251 e. The van der Waals surface area contributed by atoms with Gasteiger partial charge in [-0.15, -0.1) is 0 Å². The van der Waals surface area contributed by atoms with Gasteiger partial charge < -0.3 is 20.9 Å². The van der Waals surface area contributed by atoms with Gasteiger partial charge in [0.05, 0.1) is 6.04 Å². The van der Waals surface area contributed by atoms with Crippen LogP contribution in [0, 0.1) is 0 Å². The van der Waals surface area contributed by atoms with Crippen molar-refractivity contribution in [3.63, 3.8) is 0 Å². The van der Waals surface area contributed by atoms with E-state index in [1.807, 2.05) is 0 Å². The first-order valence-electron chi connectivity index (χ1n) is 5.56. The molecule has 1 aromatic rings. The average Bonchev–Trinajstić information content (AvgIpc) is 2.69. The van der Waals surface area contributed by atoms with Gasteiger partial charge in [0, 0.05) is 30.9 Å². The van der Waals surface area contributed by atoms with E-state index in [0.29, 0.717) is 12.2 Å². The van der Waals surface area contributed by atoms with Crippen LogP contribution in [0.2, 0.25) is 0 Å². The molecule has 7 nitrogen and oxygen atoms in total. The summed E-state index contributed by atoms with van der Waals surface area (Å²) in [5.74, 6) is -0.398. The normalized spacial score (nSPS) is 18.4. The van der Waals surface area contributed by atoms with Crippen molar-refractivity contribution in [1.82, 2.24) is 15.2 Å². The lowest BCUT2D eigenvalue weighted by molar-refractivity contribution is -0.122. The number of hydrogen-bond acceptors (Lipinski definition) is 4. The summed E-state index contributed by atoms with van der Waals surface area (Å²) in [6.45, 7) is 0.324. The van der Waals surface area contributed by atoms with Crippen LogP contribution in [0.1, 0.15) is 6.42 Å². The molecule has 18 heavy (non-hydrogen) atoms. The van der Waals surface area contributed by atoms with E-state index in [4.69, 9.17) is 5.73 Å². The first kappa shape index (κ1) is 12.2. The Kier molecular flexibility index (Phi) is 3.31. The largest absolute Gasteiger partial charge is 0.398 e. The molecule has 0 radical (unpaired) electrons. The molecule has 7 heteroatoms. The van der Waals surface area contributed by atoms with Crippen molar-refractivity contribution in [3.8, 4) is 0 Å². The first-order valence-corrected chi connectivity index (χ1v) is 5.56. The number of nitrogen functional groups attached to an aromatic ring is 1. The van der Waals surface area contributed by atoms with Crippen molar-refractivity contribution in [2.24, 2.45) is 0 Å². The van der Waals surface area contributed by atoms with Gasteiger partial charge in [-0.1, -0.05) is 0 Å². The molecule has 2 heterocycles. The van der Waals surface area contributed by atoms with E-state index < -0.39 is 0 Å². The van der Waals surface area contributed by atoms with Crippen LogP contribution in [-0.4, -0.2) is 29.0 Å². The molecule has 1 atom stereocenters. The highest BCUT2D eigenvalue weighted by Gasteiger charge is 2.22. The number of carbonyl (C=O) groups is 2. The molecule has 1 aliphatic rings. The maximum Gasteiger partial charge on any atom is 0.251 e. The van der Waals surface area contributed by atoms with Gasteiger partial charge in [-0.05, 0) is 6.07 Å². The van der Waals surface area contributed by atoms with E-state index in [2.05, 4.69) is 10.6 Å². The number of pyridine rings is 1. The maximum absolute atomic E-state index is 11.7. The summed E-state index contributed by atoms with van der Waals surface area (Å²) in [7, 11) is 0. The Morgan fingerprint density at radius 1 is 1.50 bits per heavy atom. The van der Waals surface area contributed by atoms with Crippen molar-refractivity contribution in [2.75, 3.05) is 12.3 Å². The Morgan fingerprint density at radius 3 is 2.94 bits per heavy atom. The lowest BCUT2D eigenvalue weighted by Crippen LogP contribution is -2.39. The SMILES string of the molecule is Nc1ccc(=O)n(CC(=O)NC2CNC(=O)C2)c1. The number of nitrogens with two attached hydrogens (primary N) is 1. The zero-order valence-electron chi connectivity index (χ0n) is 9.68. The number of nitrogens with one attached hydrogen (secondary N) is 2. The molecule has 2 amide bonds. The molecule has 0 saturated carbocycles. The molecule has 1 fully saturated rings. The molecule has 2 rings (SSSR count). The van der Waals surface area contributed by atoms with E-state index >= 15 is 0 Å². The molecule has 0 aromatic carbocycles. The Bertz CT molecular complexity index is 537. The van der Waals surface area contributed by atoms with E-state index in [9.17, 15) is 14.4 Å². The molecule has 0 aliphatic carbocycles. The van der Waals surface area contributed by atoms with Crippen molar-refractivity contribution in [1.29, 1.82) is 0 Å². The molecular formula is C11H14N4O3. The summed E-state index contributed by atoms with van der Waals surface area (Å²) in [6.07, 6.45) is 1.69. The minimum atomic E-state index is -0.316. The number of aromatic nitrogens is 1. The van der Waals surface area contributed by atoms with E-state index in [1.54, 1.807) is 0 Å². The number of anilines is 1. The Morgan fingerprint density at radius 2 is 2.28 bits per heavy atom. The van der Waals surface area contributed by atoms with Crippen LogP contribution in [0.15, 0.2) is 23.1 Å². The third-order valence-corrected chi connectivity index (χ3v) is 2.66. The molecule has 1 aliphatic heterocycles. The monoisotopic (exact) mass is 250 g/mol. The first-order chi connectivity index (χ1) is 8.54.